The largest absolute Gasteiger partial charge is 0.381 e. The van der Waals surface area contributed by atoms with E-state index in [-0.39, 0.29) is 5.60 Å². The van der Waals surface area contributed by atoms with Crippen molar-refractivity contribution in [1.82, 2.24) is 0 Å². The zero-order valence-corrected chi connectivity index (χ0v) is 13.8. The van der Waals surface area contributed by atoms with Gasteiger partial charge in [0.15, 0.2) is 0 Å². The van der Waals surface area contributed by atoms with Crippen LogP contribution in [0.25, 0.3) is 0 Å². The first-order valence-electron chi connectivity index (χ1n) is 7.04. The number of hydrogen-bond acceptors (Lipinski definition) is 2. The van der Waals surface area contributed by atoms with Gasteiger partial charge in [0.05, 0.1) is 22.4 Å². The molecule has 19 heavy (non-hydrogen) atoms. The molecule has 1 aliphatic carbocycles. The zero-order valence-electron chi connectivity index (χ0n) is 10.9. The minimum Gasteiger partial charge on any atom is -0.381 e. The van der Waals surface area contributed by atoms with Gasteiger partial charge >= 0.3 is 0 Å². The third-order valence-electron chi connectivity index (χ3n) is 4.30. The van der Waals surface area contributed by atoms with Gasteiger partial charge in [-0.2, -0.15) is 0 Å². The van der Waals surface area contributed by atoms with Gasteiger partial charge in [-0.3, -0.25) is 0 Å². The zero-order chi connectivity index (χ0) is 13.3. The molecule has 1 N–H and O–H groups in total. The summed E-state index contributed by atoms with van der Waals surface area (Å²) in [5.41, 5.74) is 1.24. The Bertz CT molecular complexity index is 459. The first-order chi connectivity index (χ1) is 9.17. The van der Waals surface area contributed by atoms with Crippen molar-refractivity contribution in [2.24, 2.45) is 0 Å². The molecule has 104 valence electrons. The van der Waals surface area contributed by atoms with Crippen molar-refractivity contribution in [2.75, 3.05) is 11.9 Å². The Morgan fingerprint density at radius 3 is 2.84 bits per heavy atom. The van der Waals surface area contributed by atoms with Crippen LogP contribution in [0.2, 0.25) is 5.02 Å². The fraction of sp³-hybridized carbons (Fsp3) is 0.600. The second kappa shape index (κ2) is 5.78. The summed E-state index contributed by atoms with van der Waals surface area (Å²) < 4.78 is 7.45. The Morgan fingerprint density at radius 1 is 1.32 bits per heavy atom. The molecule has 3 rings (SSSR count). The highest BCUT2D eigenvalue weighted by Crippen LogP contribution is 2.43. The van der Waals surface area contributed by atoms with Crippen LogP contribution in [0, 0.1) is 3.57 Å². The highest BCUT2D eigenvalue weighted by Gasteiger charge is 2.41. The van der Waals surface area contributed by atoms with Crippen molar-refractivity contribution in [1.29, 1.82) is 0 Å². The second-order valence-electron chi connectivity index (χ2n) is 5.67. The van der Waals surface area contributed by atoms with E-state index >= 15 is 0 Å². The molecule has 1 saturated carbocycles. The number of nitrogens with one attached hydrogen (secondary N) is 1. The maximum absolute atomic E-state index is 6.29. The fourth-order valence-corrected chi connectivity index (χ4v) is 4.21. The molecule has 2 aliphatic rings. The molecule has 1 aliphatic heterocycles. The molecular formula is C15H19ClINO. The number of rotatable bonds is 3. The van der Waals surface area contributed by atoms with Gasteiger partial charge in [0, 0.05) is 10.1 Å². The summed E-state index contributed by atoms with van der Waals surface area (Å²) in [4.78, 5) is 0. The third-order valence-corrected chi connectivity index (χ3v) is 5.29. The van der Waals surface area contributed by atoms with Crippen molar-refractivity contribution in [3.8, 4) is 0 Å². The Kier molecular flexibility index (Phi) is 4.25. The van der Waals surface area contributed by atoms with Crippen LogP contribution in [0.1, 0.15) is 38.5 Å². The van der Waals surface area contributed by atoms with Crippen LogP contribution in [0.3, 0.4) is 0 Å². The SMILES string of the molecule is Clc1cc(I)ccc1NCC1CCC2(CCCC2)O1. The lowest BCUT2D eigenvalue weighted by atomic mass is 9.98. The fourth-order valence-electron chi connectivity index (χ4n) is 3.28. The van der Waals surface area contributed by atoms with E-state index in [0.29, 0.717) is 6.10 Å². The van der Waals surface area contributed by atoms with E-state index in [1.807, 2.05) is 12.1 Å². The molecule has 2 fully saturated rings. The second-order valence-corrected chi connectivity index (χ2v) is 7.33. The molecule has 0 radical (unpaired) electrons. The van der Waals surface area contributed by atoms with Crippen LogP contribution < -0.4 is 5.32 Å². The lowest BCUT2D eigenvalue weighted by molar-refractivity contribution is -0.0307. The van der Waals surface area contributed by atoms with E-state index in [9.17, 15) is 0 Å². The van der Waals surface area contributed by atoms with Gasteiger partial charge in [-0.15, -0.1) is 0 Å². The number of benzene rings is 1. The van der Waals surface area contributed by atoms with E-state index in [2.05, 4.69) is 34.0 Å². The van der Waals surface area contributed by atoms with Gasteiger partial charge in [0.2, 0.25) is 0 Å². The molecule has 0 aromatic heterocycles. The molecule has 4 heteroatoms. The van der Waals surface area contributed by atoms with E-state index in [1.165, 1.54) is 38.5 Å². The summed E-state index contributed by atoms with van der Waals surface area (Å²) in [6, 6.07) is 6.10. The van der Waals surface area contributed by atoms with Crippen LogP contribution >= 0.6 is 34.2 Å². The Labute approximate surface area is 133 Å². The Morgan fingerprint density at radius 2 is 2.11 bits per heavy atom. The predicted octanol–water partition coefficient (Wildman–Crippen LogP) is 4.85. The highest BCUT2D eigenvalue weighted by atomic mass is 127. The standard InChI is InChI=1S/C15H19ClINO/c16-13-9-11(17)3-4-14(13)18-10-12-5-8-15(19-12)6-1-2-7-15/h3-4,9,12,18H,1-2,5-8,10H2. The minimum absolute atomic E-state index is 0.224. The van der Waals surface area contributed by atoms with Crippen molar-refractivity contribution < 1.29 is 4.74 Å². The van der Waals surface area contributed by atoms with Crippen LogP contribution in [0.5, 0.6) is 0 Å². The van der Waals surface area contributed by atoms with Crippen molar-refractivity contribution in [3.63, 3.8) is 0 Å². The van der Waals surface area contributed by atoms with Crippen molar-refractivity contribution in [3.05, 3.63) is 26.8 Å². The van der Waals surface area contributed by atoms with Gasteiger partial charge in [0.25, 0.3) is 0 Å². The Balaban J connectivity index is 1.55. The van der Waals surface area contributed by atoms with Crippen molar-refractivity contribution in [2.45, 2.75) is 50.2 Å². The first-order valence-corrected chi connectivity index (χ1v) is 8.49. The number of ether oxygens (including phenoxy) is 1. The molecule has 1 atom stereocenters. The van der Waals surface area contributed by atoms with E-state index in [4.69, 9.17) is 16.3 Å². The van der Waals surface area contributed by atoms with Gasteiger partial charge in [0.1, 0.15) is 0 Å². The van der Waals surface area contributed by atoms with E-state index in [0.717, 1.165) is 20.8 Å². The average Bonchev–Trinajstić information content (AvgIpc) is 2.99. The van der Waals surface area contributed by atoms with E-state index < -0.39 is 0 Å². The molecule has 1 unspecified atom stereocenters. The van der Waals surface area contributed by atoms with Crippen LogP contribution in [-0.4, -0.2) is 18.2 Å². The van der Waals surface area contributed by atoms with Gasteiger partial charge in [-0.05, 0) is 66.5 Å². The molecule has 1 spiro atoms. The molecule has 0 bridgehead atoms. The number of halogens is 2. The van der Waals surface area contributed by atoms with Crippen LogP contribution in [0.4, 0.5) is 5.69 Å². The molecule has 1 heterocycles. The molecule has 1 saturated heterocycles. The minimum atomic E-state index is 0.224. The van der Waals surface area contributed by atoms with Crippen LogP contribution in [0.15, 0.2) is 18.2 Å². The van der Waals surface area contributed by atoms with Crippen molar-refractivity contribution >= 4 is 39.9 Å². The lowest BCUT2D eigenvalue weighted by Gasteiger charge is -2.24. The Hall–Kier alpha value is -0.000000000000000132. The summed E-state index contributed by atoms with van der Waals surface area (Å²) in [5.74, 6) is 0. The molecule has 0 amide bonds. The smallest absolute Gasteiger partial charge is 0.0756 e. The topological polar surface area (TPSA) is 21.3 Å². The average molecular weight is 392 g/mol. The summed E-state index contributed by atoms with van der Waals surface area (Å²) in [6.45, 7) is 0.863. The summed E-state index contributed by atoms with van der Waals surface area (Å²) >= 11 is 8.50. The summed E-state index contributed by atoms with van der Waals surface area (Å²) in [6.07, 6.45) is 7.94. The number of anilines is 1. The van der Waals surface area contributed by atoms with Crippen LogP contribution in [-0.2, 0) is 4.74 Å². The maximum atomic E-state index is 6.29. The predicted molar refractivity (Wildman–Crippen MR) is 88.0 cm³/mol. The quantitative estimate of drug-likeness (QED) is 0.744. The van der Waals surface area contributed by atoms with Gasteiger partial charge < -0.3 is 10.1 Å². The summed E-state index contributed by atoms with van der Waals surface area (Å²) in [5, 5.41) is 4.22. The first kappa shape index (κ1) is 14.0. The highest BCUT2D eigenvalue weighted by molar-refractivity contribution is 14.1. The molecule has 1 aromatic carbocycles. The van der Waals surface area contributed by atoms with Gasteiger partial charge in [-0.25, -0.2) is 0 Å². The van der Waals surface area contributed by atoms with Gasteiger partial charge in [-0.1, -0.05) is 24.4 Å². The monoisotopic (exact) mass is 391 g/mol. The molecular weight excluding hydrogens is 373 g/mol. The molecule has 2 nitrogen and oxygen atoms in total. The van der Waals surface area contributed by atoms with E-state index in [1.54, 1.807) is 0 Å². The normalized spacial score (nSPS) is 25.1. The summed E-state index contributed by atoms with van der Waals surface area (Å²) in [7, 11) is 0. The molecule has 1 aromatic rings. The number of hydrogen-bond donors (Lipinski definition) is 1. The lowest BCUT2D eigenvalue weighted by Crippen LogP contribution is -2.27. The maximum Gasteiger partial charge on any atom is 0.0756 e. The third kappa shape index (κ3) is 3.19.